The summed E-state index contributed by atoms with van der Waals surface area (Å²) in [7, 11) is 0. The van der Waals surface area contributed by atoms with Gasteiger partial charge in [0.15, 0.2) is 0 Å². The Morgan fingerprint density at radius 2 is 2.00 bits per heavy atom. The summed E-state index contributed by atoms with van der Waals surface area (Å²) in [6.45, 7) is 2.90. The van der Waals surface area contributed by atoms with E-state index in [4.69, 9.17) is 4.74 Å². The average molecular weight is 384 g/mol. The number of ether oxygens (including phenoxy) is 1. The molecule has 0 radical (unpaired) electrons. The molecule has 1 heterocycles. The molecule has 4 rings (SSSR count). The Hall–Kier alpha value is -1.74. The van der Waals surface area contributed by atoms with E-state index in [1.165, 1.54) is 16.8 Å². The third kappa shape index (κ3) is 2.86. The van der Waals surface area contributed by atoms with Crippen LogP contribution in [-0.4, -0.2) is 6.61 Å². The molecule has 3 heteroatoms. The summed E-state index contributed by atoms with van der Waals surface area (Å²) < 4.78 is 6.87. The second-order valence-electron chi connectivity index (χ2n) is 6.62. The van der Waals surface area contributed by atoms with Crippen LogP contribution in [0, 0.1) is 5.92 Å². The topological polar surface area (TPSA) is 21.3 Å². The number of halogens is 1. The van der Waals surface area contributed by atoms with Gasteiger partial charge in [-0.05, 0) is 60.2 Å². The Kier molecular flexibility index (Phi) is 4.36. The molecule has 1 aliphatic heterocycles. The maximum absolute atomic E-state index is 5.72. The van der Waals surface area contributed by atoms with Gasteiger partial charge < -0.3 is 10.1 Å². The van der Waals surface area contributed by atoms with Gasteiger partial charge in [0.25, 0.3) is 0 Å². The molecule has 0 spiro atoms. The Bertz CT molecular complexity index is 753. The van der Waals surface area contributed by atoms with Gasteiger partial charge in [0.2, 0.25) is 0 Å². The number of rotatable bonds is 4. The van der Waals surface area contributed by atoms with E-state index < -0.39 is 0 Å². The monoisotopic (exact) mass is 383 g/mol. The molecule has 0 saturated carbocycles. The number of anilines is 1. The largest absolute Gasteiger partial charge is 0.494 e. The van der Waals surface area contributed by atoms with E-state index >= 15 is 0 Å². The van der Waals surface area contributed by atoms with Crippen molar-refractivity contribution in [3.63, 3.8) is 0 Å². The highest BCUT2D eigenvalue weighted by Gasteiger charge is 2.37. The molecular formula is C21H22BrNO. The minimum Gasteiger partial charge on any atom is -0.494 e. The number of hydrogen-bond acceptors (Lipinski definition) is 2. The fraction of sp³-hybridized carbons (Fsp3) is 0.333. The molecule has 124 valence electrons. The highest BCUT2D eigenvalue weighted by atomic mass is 79.9. The molecular weight excluding hydrogens is 362 g/mol. The molecule has 2 nitrogen and oxygen atoms in total. The van der Waals surface area contributed by atoms with E-state index in [2.05, 4.69) is 82.8 Å². The Balaban J connectivity index is 1.63. The van der Waals surface area contributed by atoms with E-state index in [1.807, 2.05) is 0 Å². The predicted octanol–water partition coefficient (Wildman–Crippen LogP) is 6.06. The molecule has 1 N–H and O–H groups in total. The summed E-state index contributed by atoms with van der Waals surface area (Å²) >= 11 is 3.61. The Morgan fingerprint density at radius 1 is 1.17 bits per heavy atom. The summed E-state index contributed by atoms with van der Waals surface area (Å²) in [6, 6.07) is 15.5. The molecule has 3 atom stereocenters. The smallest absolute Gasteiger partial charge is 0.119 e. The molecule has 0 saturated heterocycles. The van der Waals surface area contributed by atoms with Crippen LogP contribution in [0.4, 0.5) is 5.69 Å². The number of hydrogen-bond donors (Lipinski definition) is 1. The lowest BCUT2D eigenvalue weighted by Crippen LogP contribution is -2.29. The first kappa shape index (κ1) is 15.8. The van der Waals surface area contributed by atoms with E-state index in [9.17, 15) is 0 Å². The van der Waals surface area contributed by atoms with Crippen LogP contribution in [0.1, 0.15) is 42.9 Å². The molecule has 0 aromatic heterocycles. The Labute approximate surface area is 152 Å². The van der Waals surface area contributed by atoms with Crippen LogP contribution in [-0.2, 0) is 0 Å². The lowest BCUT2D eigenvalue weighted by molar-refractivity contribution is 0.317. The van der Waals surface area contributed by atoms with Gasteiger partial charge in [-0.1, -0.05) is 47.1 Å². The van der Waals surface area contributed by atoms with Gasteiger partial charge in [0.05, 0.1) is 12.6 Å². The van der Waals surface area contributed by atoms with Crippen LogP contribution in [0.5, 0.6) is 5.75 Å². The minimum absolute atomic E-state index is 0.346. The molecule has 2 aliphatic rings. The zero-order valence-corrected chi connectivity index (χ0v) is 15.4. The van der Waals surface area contributed by atoms with Gasteiger partial charge in [-0.3, -0.25) is 0 Å². The zero-order chi connectivity index (χ0) is 16.5. The van der Waals surface area contributed by atoms with Crippen LogP contribution in [0.3, 0.4) is 0 Å². The summed E-state index contributed by atoms with van der Waals surface area (Å²) in [5.41, 5.74) is 4.00. The average Bonchev–Trinajstić information content (AvgIpc) is 3.10. The van der Waals surface area contributed by atoms with E-state index in [-0.39, 0.29) is 0 Å². The van der Waals surface area contributed by atoms with Crippen LogP contribution in [0.2, 0.25) is 0 Å². The van der Waals surface area contributed by atoms with Crippen molar-refractivity contribution in [3.8, 4) is 5.75 Å². The van der Waals surface area contributed by atoms with Gasteiger partial charge in [-0.2, -0.15) is 0 Å². The van der Waals surface area contributed by atoms with Gasteiger partial charge in [0.1, 0.15) is 5.75 Å². The Morgan fingerprint density at radius 3 is 2.79 bits per heavy atom. The molecule has 24 heavy (non-hydrogen) atoms. The third-order valence-electron chi connectivity index (χ3n) is 5.04. The van der Waals surface area contributed by atoms with E-state index in [1.54, 1.807) is 0 Å². The minimum atomic E-state index is 0.346. The number of nitrogens with one attached hydrogen (secondary N) is 1. The summed E-state index contributed by atoms with van der Waals surface area (Å²) in [5, 5.41) is 3.77. The summed E-state index contributed by atoms with van der Waals surface area (Å²) in [4.78, 5) is 0. The number of benzene rings is 2. The third-order valence-corrected chi connectivity index (χ3v) is 5.53. The molecule has 0 fully saturated rings. The fourth-order valence-corrected chi connectivity index (χ4v) is 4.27. The van der Waals surface area contributed by atoms with Crippen molar-refractivity contribution in [1.82, 2.24) is 0 Å². The first-order chi connectivity index (χ1) is 11.8. The van der Waals surface area contributed by atoms with Gasteiger partial charge in [0, 0.05) is 16.1 Å². The van der Waals surface area contributed by atoms with Crippen LogP contribution in [0.15, 0.2) is 59.1 Å². The first-order valence-electron chi connectivity index (χ1n) is 8.71. The maximum atomic E-state index is 5.72. The molecule has 0 bridgehead atoms. The molecule has 2 aromatic rings. The second kappa shape index (κ2) is 6.64. The molecule has 0 amide bonds. The highest BCUT2D eigenvalue weighted by Crippen LogP contribution is 2.50. The van der Waals surface area contributed by atoms with Gasteiger partial charge >= 0.3 is 0 Å². The van der Waals surface area contributed by atoms with Crippen molar-refractivity contribution in [3.05, 3.63) is 70.2 Å². The lowest BCUT2D eigenvalue weighted by atomic mass is 9.77. The van der Waals surface area contributed by atoms with Crippen molar-refractivity contribution in [2.45, 2.75) is 31.7 Å². The van der Waals surface area contributed by atoms with Crippen molar-refractivity contribution in [2.24, 2.45) is 5.92 Å². The highest BCUT2D eigenvalue weighted by molar-refractivity contribution is 9.10. The maximum Gasteiger partial charge on any atom is 0.119 e. The predicted molar refractivity (Wildman–Crippen MR) is 103 cm³/mol. The van der Waals surface area contributed by atoms with Crippen molar-refractivity contribution in [2.75, 3.05) is 11.9 Å². The number of fused-ring (bicyclic) bond motifs is 3. The molecule has 2 aromatic carbocycles. The van der Waals surface area contributed by atoms with Crippen molar-refractivity contribution >= 4 is 21.6 Å². The first-order valence-corrected chi connectivity index (χ1v) is 9.51. The molecule has 0 unspecified atom stereocenters. The SMILES string of the molecule is CCCOc1ccc([C@@H]2Nc3ccc(Br)cc3[C@@H]3C=CC[C@@H]32)cc1. The zero-order valence-electron chi connectivity index (χ0n) is 13.8. The molecule has 1 aliphatic carbocycles. The standard InChI is InChI=1S/C21H22BrNO/c1-2-12-24-16-9-6-14(7-10-16)21-18-5-3-4-17(18)19-13-15(22)8-11-20(19)23-21/h3-4,6-11,13,17-18,21,23H,2,5,12H2,1H3/t17-,18+,21+/m1/s1. The second-order valence-corrected chi connectivity index (χ2v) is 7.54. The van der Waals surface area contributed by atoms with Gasteiger partial charge in [-0.15, -0.1) is 0 Å². The van der Waals surface area contributed by atoms with Crippen LogP contribution < -0.4 is 10.1 Å². The summed E-state index contributed by atoms with van der Waals surface area (Å²) in [5.74, 6) is 2.04. The van der Waals surface area contributed by atoms with Gasteiger partial charge in [-0.25, -0.2) is 0 Å². The van der Waals surface area contributed by atoms with Crippen LogP contribution >= 0.6 is 15.9 Å². The normalized spacial score (nSPS) is 24.2. The quantitative estimate of drug-likeness (QED) is 0.647. The summed E-state index contributed by atoms with van der Waals surface area (Å²) in [6.07, 6.45) is 6.87. The van der Waals surface area contributed by atoms with Crippen molar-refractivity contribution in [1.29, 1.82) is 0 Å². The fourth-order valence-electron chi connectivity index (χ4n) is 3.89. The van der Waals surface area contributed by atoms with E-state index in [0.29, 0.717) is 17.9 Å². The number of allylic oxidation sites excluding steroid dienone is 2. The van der Waals surface area contributed by atoms with Crippen LogP contribution in [0.25, 0.3) is 0 Å². The van der Waals surface area contributed by atoms with E-state index in [0.717, 1.165) is 29.7 Å². The van der Waals surface area contributed by atoms with Crippen molar-refractivity contribution < 1.29 is 4.74 Å². The lowest BCUT2D eigenvalue weighted by Gasteiger charge is -2.37.